The first kappa shape index (κ1) is 16.5. The fourth-order valence-corrected chi connectivity index (χ4v) is 3.78. The zero-order valence-electron chi connectivity index (χ0n) is 14.3. The first-order valence-electron chi connectivity index (χ1n) is 9.29. The van der Waals surface area contributed by atoms with Crippen LogP contribution < -0.4 is 5.32 Å². The van der Waals surface area contributed by atoms with Crippen molar-refractivity contribution >= 4 is 5.91 Å². The molecule has 1 saturated carbocycles. The zero-order chi connectivity index (χ0) is 16.1. The summed E-state index contributed by atoms with van der Waals surface area (Å²) in [5.41, 5.74) is 1.33. The highest BCUT2D eigenvalue weighted by molar-refractivity contribution is 5.77. The van der Waals surface area contributed by atoms with E-state index in [0.29, 0.717) is 24.3 Å². The summed E-state index contributed by atoms with van der Waals surface area (Å²) < 4.78 is 0. The Bertz CT molecular complexity index is 492. The topological polar surface area (TPSA) is 32.3 Å². The fourth-order valence-electron chi connectivity index (χ4n) is 3.78. The second-order valence-electron chi connectivity index (χ2n) is 7.31. The third-order valence-electron chi connectivity index (χ3n) is 5.43. The Balaban J connectivity index is 1.47. The lowest BCUT2D eigenvalue weighted by atomic mass is 9.91. The van der Waals surface area contributed by atoms with Crippen molar-refractivity contribution in [1.29, 1.82) is 0 Å². The van der Waals surface area contributed by atoms with Crippen LogP contribution in [0, 0.1) is 5.92 Å². The van der Waals surface area contributed by atoms with Gasteiger partial charge in [0.15, 0.2) is 0 Å². The quantitative estimate of drug-likeness (QED) is 0.834. The van der Waals surface area contributed by atoms with Gasteiger partial charge in [-0.05, 0) is 63.1 Å². The van der Waals surface area contributed by atoms with Crippen LogP contribution in [0.2, 0.25) is 0 Å². The van der Waals surface area contributed by atoms with Crippen molar-refractivity contribution in [2.45, 2.75) is 57.4 Å². The van der Waals surface area contributed by atoms with Gasteiger partial charge in [0.05, 0.1) is 0 Å². The molecule has 3 heteroatoms. The summed E-state index contributed by atoms with van der Waals surface area (Å²) in [5, 5.41) is 3.18. The molecule has 1 saturated heterocycles. The third kappa shape index (κ3) is 4.81. The average molecular weight is 314 g/mol. The monoisotopic (exact) mass is 314 g/mol. The van der Waals surface area contributed by atoms with Gasteiger partial charge in [0, 0.05) is 19.0 Å². The Morgan fingerprint density at radius 2 is 1.87 bits per heavy atom. The summed E-state index contributed by atoms with van der Waals surface area (Å²) >= 11 is 0. The molecule has 0 radical (unpaired) electrons. The van der Waals surface area contributed by atoms with E-state index < -0.39 is 0 Å². The van der Waals surface area contributed by atoms with Crippen LogP contribution in [0.25, 0.3) is 0 Å². The van der Waals surface area contributed by atoms with Gasteiger partial charge >= 0.3 is 0 Å². The molecular formula is C20H30N2O. The predicted octanol–water partition coefficient (Wildman–Crippen LogP) is 3.56. The highest BCUT2D eigenvalue weighted by Gasteiger charge is 2.33. The summed E-state index contributed by atoms with van der Waals surface area (Å²) in [6.45, 7) is 5.39. The van der Waals surface area contributed by atoms with Gasteiger partial charge in [0.1, 0.15) is 0 Å². The van der Waals surface area contributed by atoms with Crippen LogP contribution in [0.1, 0.15) is 56.9 Å². The number of carbonyl (C=O) groups excluding carboxylic acids is 1. The molecule has 1 amide bonds. The number of rotatable bonds is 7. The zero-order valence-corrected chi connectivity index (χ0v) is 14.3. The minimum Gasteiger partial charge on any atom is -0.355 e. The number of carbonyl (C=O) groups is 1. The van der Waals surface area contributed by atoms with Crippen molar-refractivity contribution in [1.82, 2.24) is 10.2 Å². The van der Waals surface area contributed by atoms with Crippen molar-refractivity contribution in [3.63, 3.8) is 0 Å². The molecule has 1 aromatic rings. The number of amides is 1. The van der Waals surface area contributed by atoms with Gasteiger partial charge in [0.2, 0.25) is 5.91 Å². The van der Waals surface area contributed by atoms with Crippen LogP contribution in [0.3, 0.4) is 0 Å². The summed E-state index contributed by atoms with van der Waals surface area (Å²) in [5.74, 6) is 1.33. The van der Waals surface area contributed by atoms with E-state index in [1.165, 1.54) is 50.8 Å². The standard InChI is InChI=1S/C20H30N2O/c1-16(22-12-6-3-7-13-22)15-21-20(23)14-19(18-10-11-18)17-8-4-2-5-9-17/h2,4-5,8-9,16,18-19H,3,6-7,10-15H2,1H3,(H,21,23). The van der Waals surface area contributed by atoms with Crippen molar-refractivity contribution in [2.24, 2.45) is 5.92 Å². The molecule has 2 atom stereocenters. The van der Waals surface area contributed by atoms with Gasteiger partial charge in [-0.15, -0.1) is 0 Å². The second kappa shape index (κ2) is 7.96. The Labute approximate surface area is 140 Å². The van der Waals surface area contributed by atoms with Crippen LogP contribution in [0.4, 0.5) is 0 Å². The Morgan fingerprint density at radius 3 is 2.52 bits per heavy atom. The Kier molecular flexibility index (Phi) is 5.71. The van der Waals surface area contributed by atoms with E-state index in [-0.39, 0.29) is 5.91 Å². The van der Waals surface area contributed by atoms with Crippen molar-refractivity contribution < 1.29 is 4.79 Å². The number of likely N-dealkylation sites (tertiary alicyclic amines) is 1. The van der Waals surface area contributed by atoms with E-state index in [4.69, 9.17) is 0 Å². The minimum absolute atomic E-state index is 0.217. The SMILES string of the molecule is CC(CNC(=O)CC(c1ccccc1)C1CC1)N1CCCCC1. The molecule has 0 spiro atoms. The molecule has 126 valence electrons. The number of nitrogens with zero attached hydrogens (tertiary/aromatic N) is 1. The summed E-state index contributed by atoms with van der Waals surface area (Å²) in [7, 11) is 0. The first-order chi connectivity index (χ1) is 11.2. The maximum absolute atomic E-state index is 12.4. The van der Waals surface area contributed by atoms with Gasteiger partial charge in [0.25, 0.3) is 0 Å². The number of hydrogen-bond donors (Lipinski definition) is 1. The highest BCUT2D eigenvalue weighted by atomic mass is 16.1. The molecule has 23 heavy (non-hydrogen) atoms. The molecule has 1 heterocycles. The molecule has 1 aromatic carbocycles. The first-order valence-corrected chi connectivity index (χ1v) is 9.29. The largest absolute Gasteiger partial charge is 0.355 e. The van der Waals surface area contributed by atoms with Crippen molar-refractivity contribution in [2.75, 3.05) is 19.6 Å². The van der Waals surface area contributed by atoms with E-state index >= 15 is 0 Å². The lowest BCUT2D eigenvalue weighted by molar-refractivity contribution is -0.121. The third-order valence-corrected chi connectivity index (χ3v) is 5.43. The van der Waals surface area contributed by atoms with Crippen LogP contribution in [-0.2, 0) is 4.79 Å². The van der Waals surface area contributed by atoms with Crippen LogP contribution in [-0.4, -0.2) is 36.5 Å². The lowest BCUT2D eigenvalue weighted by Gasteiger charge is -2.32. The molecule has 0 aromatic heterocycles. The molecule has 1 N–H and O–H groups in total. The van der Waals surface area contributed by atoms with Crippen LogP contribution in [0.15, 0.2) is 30.3 Å². The van der Waals surface area contributed by atoms with Gasteiger partial charge in [-0.25, -0.2) is 0 Å². The van der Waals surface area contributed by atoms with E-state index in [1.54, 1.807) is 0 Å². The maximum Gasteiger partial charge on any atom is 0.220 e. The van der Waals surface area contributed by atoms with Crippen LogP contribution in [0.5, 0.6) is 0 Å². The number of nitrogens with one attached hydrogen (secondary N) is 1. The van der Waals surface area contributed by atoms with E-state index in [9.17, 15) is 4.79 Å². The molecule has 1 aliphatic carbocycles. The average Bonchev–Trinajstić information content (AvgIpc) is 3.44. The number of hydrogen-bond acceptors (Lipinski definition) is 2. The van der Waals surface area contributed by atoms with E-state index in [1.807, 2.05) is 6.07 Å². The van der Waals surface area contributed by atoms with Gasteiger partial charge < -0.3 is 5.32 Å². The normalized spacial score (nSPS) is 21.6. The number of benzene rings is 1. The molecule has 2 fully saturated rings. The van der Waals surface area contributed by atoms with Crippen molar-refractivity contribution in [3.8, 4) is 0 Å². The second-order valence-corrected chi connectivity index (χ2v) is 7.31. The molecule has 0 bridgehead atoms. The molecule has 1 aliphatic heterocycles. The van der Waals surface area contributed by atoms with Gasteiger partial charge in [-0.1, -0.05) is 36.8 Å². The molecular weight excluding hydrogens is 284 g/mol. The smallest absolute Gasteiger partial charge is 0.220 e. The minimum atomic E-state index is 0.217. The summed E-state index contributed by atoms with van der Waals surface area (Å²) in [6, 6.07) is 11.0. The molecule has 3 rings (SSSR count). The lowest BCUT2D eigenvalue weighted by Crippen LogP contribution is -2.44. The fraction of sp³-hybridized carbons (Fsp3) is 0.650. The van der Waals surface area contributed by atoms with E-state index in [2.05, 4.69) is 41.4 Å². The van der Waals surface area contributed by atoms with Gasteiger partial charge in [-0.2, -0.15) is 0 Å². The highest BCUT2D eigenvalue weighted by Crippen LogP contribution is 2.44. The van der Waals surface area contributed by atoms with Gasteiger partial charge in [-0.3, -0.25) is 9.69 Å². The Morgan fingerprint density at radius 1 is 1.17 bits per heavy atom. The summed E-state index contributed by atoms with van der Waals surface area (Å²) in [4.78, 5) is 14.9. The maximum atomic E-state index is 12.4. The Hall–Kier alpha value is -1.35. The van der Waals surface area contributed by atoms with Crippen LogP contribution >= 0.6 is 0 Å². The number of piperidine rings is 1. The van der Waals surface area contributed by atoms with E-state index in [0.717, 1.165) is 6.54 Å². The summed E-state index contributed by atoms with van der Waals surface area (Å²) in [6.07, 6.45) is 7.15. The molecule has 3 nitrogen and oxygen atoms in total. The molecule has 2 aliphatic rings. The predicted molar refractivity (Wildman–Crippen MR) is 94.4 cm³/mol. The molecule has 2 unspecified atom stereocenters. The van der Waals surface area contributed by atoms with Crippen molar-refractivity contribution in [3.05, 3.63) is 35.9 Å².